The molecule has 0 aliphatic carbocycles. The Balaban J connectivity index is 3.61. The molecule has 0 saturated heterocycles. The fraction of sp³-hybridized carbons (Fsp3) is 0.500. The van der Waals surface area contributed by atoms with Crippen LogP contribution >= 0.6 is 0 Å². The second-order valence-electron chi connectivity index (χ2n) is 2.45. The minimum Gasteiger partial charge on any atom is -0.480 e. The van der Waals surface area contributed by atoms with Gasteiger partial charge in [0.25, 0.3) is 0 Å². The van der Waals surface area contributed by atoms with Gasteiger partial charge in [-0.25, -0.2) is 4.79 Å². The van der Waals surface area contributed by atoms with Crippen molar-refractivity contribution in [3.05, 3.63) is 12.2 Å². The molecule has 0 heterocycles. The molecule has 0 fully saturated rings. The van der Waals surface area contributed by atoms with E-state index in [0.29, 0.717) is 12.8 Å². The van der Waals surface area contributed by atoms with Gasteiger partial charge < -0.3 is 15.6 Å². The van der Waals surface area contributed by atoms with E-state index in [1.54, 1.807) is 0 Å². The molecule has 0 spiro atoms. The molecule has 0 aromatic rings. The molecule has 1 atom stereocenters. The lowest BCUT2D eigenvalue weighted by atomic mass is 10.1. The van der Waals surface area contributed by atoms with Gasteiger partial charge >= 0.3 is 11.9 Å². The van der Waals surface area contributed by atoms with Gasteiger partial charge in [-0.2, -0.15) is 0 Å². The maximum Gasteiger partial charge on any atom is 0.330 e. The maximum atomic E-state index is 10.5. The summed E-state index contributed by atoms with van der Waals surface area (Å²) >= 11 is 0. The third-order valence-electron chi connectivity index (χ3n) is 1.42. The van der Waals surface area contributed by atoms with Gasteiger partial charge in [0.05, 0.1) is 7.11 Å². The molecule has 0 unspecified atom stereocenters. The van der Waals surface area contributed by atoms with Crippen molar-refractivity contribution in [2.45, 2.75) is 18.9 Å². The quantitative estimate of drug-likeness (QED) is 0.463. The van der Waals surface area contributed by atoms with Crippen molar-refractivity contribution in [3.63, 3.8) is 0 Å². The summed E-state index contributed by atoms with van der Waals surface area (Å²) in [6.07, 6.45) is 3.54. The number of hydrogen-bond donors (Lipinski definition) is 2. The maximum absolute atomic E-state index is 10.5. The number of esters is 1. The highest BCUT2D eigenvalue weighted by Gasteiger charge is 2.08. The number of carbonyl (C=O) groups is 2. The predicted molar refractivity (Wildman–Crippen MR) is 46.0 cm³/mol. The van der Waals surface area contributed by atoms with Crippen molar-refractivity contribution < 1.29 is 19.4 Å². The van der Waals surface area contributed by atoms with E-state index in [0.717, 1.165) is 0 Å². The molecule has 0 aliphatic heterocycles. The summed E-state index contributed by atoms with van der Waals surface area (Å²) in [5.74, 6) is -1.49. The zero-order chi connectivity index (χ0) is 10.3. The normalized spacial score (nSPS) is 12.8. The van der Waals surface area contributed by atoms with Crippen LogP contribution in [0.3, 0.4) is 0 Å². The van der Waals surface area contributed by atoms with E-state index in [-0.39, 0.29) is 0 Å². The standard InChI is InChI=1S/C8H13NO4/c1-13-7(10)5-3-2-4-6(9)8(11)12/h3,5-6H,2,4,9H2,1H3,(H,11,12)/b5-3+/t6-/m0/s1. The summed E-state index contributed by atoms with van der Waals surface area (Å²) in [4.78, 5) is 20.8. The Hall–Kier alpha value is -1.36. The van der Waals surface area contributed by atoms with Gasteiger partial charge in [0.2, 0.25) is 0 Å². The molecule has 0 amide bonds. The number of methoxy groups -OCH3 is 1. The Bertz CT molecular complexity index is 212. The fourth-order valence-corrected chi connectivity index (χ4v) is 0.647. The van der Waals surface area contributed by atoms with E-state index in [9.17, 15) is 9.59 Å². The van der Waals surface area contributed by atoms with E-state index in [4.69, 9.17) is 10.8 Å². The Morgan fingerprint density at radius 2 is 2.23 bits per heavy atom. The number of carboxylic acid groups (broad SMARTS) is 1. The summed E-state index contributed by atoms with van der Waals surface area (Å²) < 4.78 is 4.33. The zero-order valence-corrected chi connectivity index (χ0v) is 7.40. The molecule has 0 radical (unpaired) electrons. The van der Waals surface area contributed by atoms with E-state index in [1.165, 1.54) is 19.3 Å². The lowest BCUT2D eigenvalue weighted by Gasteiger charge is -2.01. The highest BCUT2D eigenvalue weighted by atomic mass is 16.5. The zero-order valence-electron chi connectivity index (χ0n) is 7.40. The van der Waals surface area contributed by atoms with Crippen LogP contribution in [-0.4, -0.2) is 30.2 Å². The topological polar surface area (TPSA) is 89.6 Å². The summed E-state index contributed by atoms with van der Waals surface area (Å²) in [7, 11) is 1.27. The second-order valence-corrected chi connectivity index (χ2v) is 2.45. The van der Waals surface area contributed by atoms with Crippen LogP contribution in [0.4, 0.5) is 0 Å². The van der Waals surface area contributed by atoms with Gasteiger partial charge in [-0.15, -0.1) is 0 Å². The van der Waals surface area contributed by atoms with Crippen molar-refractivity contribution >= 4 is 11.9 Å². The number of hydrogen-bond acceptors (Lipinski definition) is 4. The molecule has 13 heavy (non-hydrogen) atoms. The lowest BCUT2D eigenvalue weighted by molar-refractivity contribution is -0.138. The summed E-state index contributed by atoms with van der Waals surface area (Å²) in [6.45, 7) is 0. The van der Waals surface area contributed by atoms with Crippen molar-refractivity contribution in [1.29, 1.82) is 0 Å². The van der Waals surface area contributed by atoms with E-state index in [2.05, 4.69) is 4.74 Å². The molecule has 74 valence electrons. The Morgan fingerprint density at radius 1 is 1.62 bits per heavy atom. The molecule has 0 aromatic heterocycles. The van der Waals surface area contributed by atoms with Crippen LogP contribution in [-0.2, 0) is 14.3 Å². The van der Waals surface area contributed by atoms with Crippen molar-refractivity contribution in [3.8, 4) is 0 Å². The van der Waals surface area contributed by atoms with Gasteiger partial charge in [0.15, 0.2) is 0 Å². The minimum atomic E-state index is -1.04. The molecule has 5 nitrogen and oxygen atoms in total. The van der Waals surface area contributed by atoms with Crippen molar-refractivity contribution in [2.24, 2.45) is 5.73 Å². The first-order chi connectivity index (χ1) is 6.07. The van der Waals surface area contributed by atoms with Gasteiger partial charge in [0, 0.05) is 6.08 Å². The van der Waals surface area contributed by atoms with Crippen LogP contribution in [0.5, 0.6) is 0 Å². The minimum absolute atomic E-state index is 0.308. The molecule has 0 aliphatic rings. The fourth-order valence-electron chi connectivity index (χ4n) is 0.647. The highest BCUT2D eigenvalue weighted by Crippen LogP contribution is 1.96. The largest absolute Gasteiger partial charge is 0.480 e. The number of aliphatic carboxylic acids is 1. The molecular weight excluding hydrogens is 174 g/mol. The van der Waals surface area contributed by atoms with Crippen LogP contribution in [0.25, 0.3) is 0 Å². The number of allylic oxidation sites excluding steroid dienone is 1. The Morgan fingerprint density at radius 3 is 2.69 bits per heavy atom. The Labute approximate surface area is 76.2 Å². The van der Waals surface area contributed by atoms with Crippen LogP contribution in [0, 0.1) is 0 Å². The number of ether oxygens (including phenoxy) is 1. The monoisotopic (exact) mass is 187 g/mol. The van der Waals surface area contributed by atoms with E-state index < -0.39 is 18.0 Å². The highest BCUT2D eigenvalue weighted by molar-refractivity contribution is 5.81. The summed E-state index contributed by atoms with van der Waals surface area (Å²) in [5.41, 5.74) is 5.22. The van der Waals surface area contributed by atoms with E-state index >= 15 is 0 Å². The first-order valence-electron chi connectivity index (χ1n) is 3.80. The molecule has 5 heteroatoms. The van der Waals surface area contributed by atoms with Crippen molar-refractivity contribution in [1.82, 2.24) is 0 Å². The molecule has 3 N–H and O–H groups in total. The number of carbonyl (C=O) groups excluding carboxylic acids is 1. The molecular formula is C8H13NO4. The van der Waals surface area contributed by atoms with Gasteiger partial charge in [-0.05, 0) is 12.8 Å². The van der Waals surface area contributed by atoms with E-state index in [1.807, 2.05) is 0 Å². The number of rotatable bonds is 5. The first-order valence-corrected chi connectivity index (χ1v) is 3.80. The average molecular weight is 187 g/mol. The summed E-state index contributed by atoms with van der Waals surface area (Å²) in [6, 6.07) is -0.873. The van der Waals surface area contributed by atoms with Crippen molar-refractivity contribution in [2.75, 3.05) is 7.11 Å². The SMILES string of the molecule is COC(=O)/C=C/CC[C@H](N)C(=O)O. The number of carboxylic acids is 1. The predicted octanol–water partition coefficient (Wildman–Crippen LogP) is -0.0923. The average Bonchev–Trinajstić information content (AvgIpc) is 2.11. The third-order valence-corrected chi connectivity index (χ3v) is 1.42. The third kappa shape index (κ3) is 5.86. The smallest absolute Gasteiger partial charge is 0.330 e. The van der Waals surface area contributed by atoms with Crippen LogP contribution in [0.1, 0.15) is 12.8 Å². The molecule has 0 rings (SSSR count). The van der Waals surface area contributed by atoms with Crippen LogP contribution in [0.2, 0.25) is 0 Å². The first kappa shape index (κ1) is 11.6. The molecule has 0 bridgehead atoms. The van der Waals surface area contributed by atoms with Gasteiger partial charge in [-0.1, -0.05) is 6.08 Å². The molecule has 0 saturated carbocycles. The second kappa shape index (κ2) is 6.19. The van der Waals surface area contributed by atoms with Gasteiger partial charge in [-0.3, -0.25) is 4.79 Å². The van der Waals surface area contributed by atoms with Crippen LogP contribution in [0.15, 0.2) is 12.2 Å². The molecule has 0 aromatic carbocycles. The number of nitrogens with two attached hydrogens (primary N) is 1. The van der Waals surface area contributed by atoms with Crippen LogP contribution < -0.4 is 5.73 Å². The van der Waals surface area contributed by atoms with Gasteiger partial charge in [0.1, 0.15) is 6.04 Å². The summed E-state index contributed by atoms with van der Waals surface area (Å²) in [5, 5.41) is 8.40. The Kier molecular flexibility index (Phi) is 5.54. The lowest BCUT2D eigenvalue weighted by Crippen LogP contribution is -2.29.